The molecule has 2 bridgehead atoms. The molecule has 0 N–H and O–H groups in total. The zero-order chi connectivity index (χ0) is 21.3. The van der Waals surface area contributed by atoms with Crippen LogP contribution in [0.1, 0.15) is 28.8 Å². The third-order valence-electron chi connectivity index (χ3n) is 6.97. The number of methoxy groups -OCH3 is 1. The number of carbonyl (C=O) groups is 2. The number of benzene rings is 3. The van der Waals surface area contributed by atoms with Gasteiger partial charge in [0.2, 0.25) is 11.8 Å². The molecule has 0 radical (unpaired) electrons. The number of hydrogen-bond donors (Lipinski definition) is 0. The van der Waals surface area contributed by atoms with Crippen molar-refractivity contribution in [3.05, 3.63) is 89.5 Å². The predicted molar refractivity (Wildman–Crippen MR) is 118 cm³/mol. The molecule has 2 saturated heterocycles. The highest BCUT2D eigenvalue weighted by Gasteiger charge is 2.66. The fourth-order valence-corrected chi connectivity index (χ4v) is 5.66. The first-order chi connectivity index (χ1) is 15.1. The van der Waals surface area contributed by atoms with E-state index in [0.717, 1.165) is 16.8 Å². The van der Waals surface area contributed by atoms with Gasteiger partial charge in [-0.1, -0.05) is 42.0 Å². The van der Waals surface area contributed by atoms with Gasteiger partial charge in [-0.3, -0.25) is 9.59 Å². The molecule has 5 heteroatoms. The van der Waals surface area contributed by atoms with Gasteiger partial charge in [0.25, 0.3) is 0 Å². The van der Waals surface area contributed by atoms with Crippen molar-refractivity contribution in [2.24, 2.45) is 11.8 Å². The number of imide groups is 1. The number of anilines is 2. The number of carbonyl (C=O) groups excluding carboxylic acids is 2. The van der Waals surface area contributed by atoms with Crippen LogP contribution in [0.2, 0.25) is 0 Å². The lowest BCUT2D eigenvalue weighted by Gasteiger charge is -2.29. The van der Waals surface area contributed by atoms with Gasteiger partial charge in [-0.05, 0) is 54.4 Å². The summed E-state index contributed by atoms with van der Waals surface area (Å²) in [7, 11) is 1.60. The first-order valence-corrected chi connectivity index (χ1v) is 10.6. The lowest BCUT2D eigenvalue weighted by atomic mass is 9.77. The van der Waals surface area contributed by atoms with Crippen LogP contribution in [0.5, 0.6) is 5.75 Å². The summed E-state index contributed by atoms with van der Waals surface area (Å²) in [6, 6.07) is 23.5. The maximum atomic E-state index is 13.6. The van der Waals surface area contributed by atoms with Gasteiger partial charge >= 0.3 is 0 Å². The standard InChI is InChI=1S/C26H22N2O3/c1-15-7-9-16(10-8-15)27-23-19-5-3-4-6-20(19)24(27)22-21(23)25(29)28(26(22)30)17-11-13-18(31-2)14-12-17/h3-14,21-24H,1-2H3. The van der Waals surface area contributed by atoms with Crippen molar-refractivity contribution < 1.29 is 14.3 Å². The van der Waals surface area contributed by atoms with Crippen molar-refractivity contribution in [3.8, 4) is 5.75 Å². The molecule has 3 heterocycles. The van der Waals surface area contributed by atoms with Crippen LogP contribution in [0, 0.1) is 18.8 Å². The molecule has 2 amide bonds. The Morgan fingerprint density at radius 2 is 1.23 bits per heavy atom. The average Bonchev–Trinajstić information content (AvgIpc) is 3.40. The molecule has 3 aliphatic rings. The Balaban J connectivity index is 1.45. The van der Waals surface area contributed by atoms with Crippen molar-refractivity contribution in [3.63, 3.8) is 0 Å². The van der Waals surface area contributed by atoms with Gasteiger partial charge in [-0.2, -0.15) is 0 Å². The van der Waals surface area contributed by atoms with E-state index in [0.29, 0.717) is 11.4 Å². The average molecular weight is 410 g/mol. The molecule has 31 heavy (non-hydrogen) atoms. The van der Waals surface area contributed by atoms with Gasteiger partial charge in [0.05, 0.1) is 36.7 Å². The van der Waals surface area contributed by atoms with E-state index in [1.54, 1.807) is 31.4 Å². The molecule has 6 rings (SSSR count). The smallest absolute Gasteiger partial charge is 0.240 e. The molecule has 5 nitrogen and oxygen atoms in total. The second-order valence-corrected chi connectivity index (χ2v) is 8.52. The maximum absolute atomic E-state index is 13.6. The Morgan fingerprint density at radius 3 is 1.74 bits per heavy atom. The summed E-state index contributed by atoms with van der Waals surface area (Å²) >= 11 is 0. The Morgan fingerprint density at radius 1 is 0.710 bits per heavy atom. The van der Waals surface area contributed by atoms with Crippen LogP contribution in [-0.2, 0) is 9.59 Å². The largest absolute Gasteiger partial charge is 0.497 e. The van der Waals surface area contributed by atoms with Gasteiger partial charge in [-0.25, -0.2) is 4.90 Å². The number of aryl methyl sites for hydroxylation is 1. The Hall–Kier alpha value is -3.60. The predicted octanol–water partition coefficient (Wildman–Crippen LogP) is 4.43. The monoisotopic (exact) mass is 410 g/mol. The zero-order valence-corrected chi connectivity index (χ0v) is 17.4. The Labute approximate surface area is 180 Å². The highest BCUT2D eigenvalue weighted by Crippen LogP contribution is 2.63. The summed E-state index contributed by atoms with van der Waals surface area (Å²) in [5, 5.41) is 0. The van der Waals surface area contributed by atoms with E-state index < -0.39 is 0 Å². The van der Waals surface area contributed by atoms with Crippen LogP contribution in [0.4, 0.5) is 11.4 Å². The lowest BCUT2D eigenvalue weighted by Crippen LogP contribution is -2.36. The minimum atomic E-state index is -0.379. The van der Waals surface area contributed by atoms with E-state index in [4.69, 9.17) is 4.74 Å². The van der Waals surface area contributed by atoms with Gasteiger partial charge in [0.15, 0.2) is 0 Å². The normalized spacial score (nSPS) is 25.7. The van der Waals surface area contributed by atoms with Crippen molar-refractivity contribution in [2.45, 2.75) is 19.0 Å². The third kappa shape index (κ3) is 2.37. The van der Waals surface area contributed by atoms with Gasteiger partial charge in [0, 0.05) is 5.69 Å². The van der Waals surface area contributed by atoms with Crippen LogP contribution in [0.25, 0.3) is 0 Å². The number of ether oxygens (including phenoxy) is 1. The third-order valence-corrected chi connectivity index (χ3v) is 6.97. The SMILES string of the molecule is COc1ccc(N2C(=O)C3C(C2=O)C2c4ccccc4C3N2c2ccc(C)cc2)cc1. The number of nitrogens with zero attached hydrogens (tertiary/aromatic N) is 2. The van der Waals surface area contributed by atoms with E-state index in [9.17, 15) is 9.59 Å². The van der Waals surface area contributed by atoms with Crippen molar-refractivity contribution in [1.82, 2.24) is 0 Å². The van der Waals surface area contributed by atoms with Crippen LogP contribution >= 0.6 is 0 Å². The zero-order valence-electron chi connectivity index (χ0n) is 17.4. The summed E-state index contributed by atoms with van der Waals surface area (Å²) in [5.74, 6) is -0.286. The van der Waals surface area contributed by atoms with E-state index >= 15 is 0 Å². The maximum Gasteiger partial charge on any atom is 0.240 e. The summed E-state index contributed by atoms with van der Waals surface area (Å²) < 4.78 is 5.22. The summed E-state index contributed by atoms with van der Waals surface area (Å²) in [4.78, 5) is 30.9. The summed E-state index contributed by atoms with van der Waals surface area (Å²) in [6.45, 7) is 2.06. The van der Waals surface area contributed by atoms with Crippen LogP contribution in [0.15, 0.2) is 72.8 Å². The first-order valence-electron chi connectivity index (χ1n) is 10.6. The molecule has 4 atom stereocenters. The van der Waals surface area contributed by atoms with Gasteiger partial charge in [-0.15, -0.1) is 0 Å². The van der Waals surface area contributed by atoms with Gasteiger partial charge in [0.1, 0.15) is 5.75 Å². The first kappa shape index (κ1) is 18.2. The fraction of sp³-hybridized carbons (Fsp3) is 0.231. The van der Waals surface area contributed by atoms with E-state index in [1.807, 2.05) is 12.1 Å². The van der Waals surface area contributed by atoms with E-state index in [1.165, 1.54) is 10.5 Å². The Kier molecular flexibility index (Phi) is 3.78. The van der Waals surface area contributed by atoms with Crippen molar-refractivity contribution in [1.29, 1.82) is 0 Å². The molecule has 3 aromatic carbocycles. The van der Waals surface area contributed by atoms with Crippen molar-refractivity contribution in [2.75, 3.05) is 16.9 Å². The fourth-order valence-electron chi connectivity index (χ4n) is 5.66. The highest BCUT2D eigenvalue weighted by atomic mass is 16.5. The number of rotatable bonds is 3. The molecule has 4 unspecified atom stereocenters. The molecule has 0 aromatic heterocycles. The number of fused-ring (bicyclic) bond motifs is 8. The second kappa shape index (κ2) is 6.45. The minimum Gasteiger partial charge on any atom is -0.497 e. The lowest BCUT2D eigenvalue weighted by molar-refractivity contribution is -0.123. The topological polar surface area (TPSA) is 49.9 Å². The molecule has 3 aliphatic heterocycles. The Bertz CT molecular complexity index is 1150. The van der Waals surface area contributed by atoms with Crippen LogP contribution < -0.4 is 14.5 Å². The molecule has 0 aliphatic carbocycles. The minimum absolute atomic E-state index is 0.112. The molecule has 3 aromatic rings. The van der Waals surface area contributed by atoms with Crippen molar-refractivity contribution >= 4 is 23.2 Å². The summed E-state index contributed by atoms with van der Waals surface area (Å²) in [5.41, 5.74) is 5.17. The van der Waals surface area contributed by atoms with Crippen LogP contribution in [0.3, 0.4) is 0 Å². The number of amides is 2. The molecule has 0 saturated carbocycles. The van der Waals surface area contributed by atoms with Gasteiger partial charge < -0.3 is 9.64 Å². The molecular weight excluding hydrogens is 388 g/mol. The van der Waals surface area contributed by atoms with E-state index in [-0.39, 0.29) is 35.7 Å². The summed E-state index contributed by atoms with van der Waals surface area (Å²) in [6.07, 6.45) is 0. The van der Waals surface area contributed by atoms with Crippen LogP contribution in [-0.4, -0.2) is 18.9 Å². The van der Waals surface area contributed by atoms with E-state index in [2.05, 4.69) is 48.2 Å². The molecule has 0 spiro atoms. The number of hydrogen-bond acceptors (Lipinski definition) is 4. The second-order valence-electron chi connectivity index (χ2n) is 8.52. The quantitative estimate of drug-likeness (QED) is 0.600. The molecular formula is C26H22N2O3. The highest BCUT2D eigenvalue weighted by molar-refractivity contribution is 6.23. The molecule has 2 fully saturated rings. The molecule has 154 valence electrons.